The highest BCUT2D eigenvalue weighted by molar-refractivity contribution is 9.10. The summed E-state index contributed by atoms with van der Waals surface area (Å²) < 4.78 is 6.46. The van der Waals surface area contributed by atoms with Gasteiger partial charge in [-0.25, -0.2) is 0 Å². The van der Waals surface area contributed by atoms with Crippen molar-refractivity contribution in [1.29, 1.82) is 0 Å². The molecule has 1 N–H and O–H groups in total. The van der Waals surface area contributed by atoms with Crippen molar-refractivity contribution in [3.63, 3.8) is 0 Å². The van der Waals surface area contributed by atoms with E-state index in [1.54, 1.807) is 24.6 Å². The Hall–Kier alpha value is -1.47. The molecule has 0 saturated carbocycles. The van der Waals surface area contributed by atoms with E-state index < -0.39 is 6.10 Å². The molecule has 0 saturated heterocycles. The van der Waals surface area contributed by atoms with Gasteiger partial charge in [-0.15, -0.1) is 10.2 Å². The van der Waals surface area contributed by atoms with Crippen molar-refractivity contribution in [1.82, 2.24) is 10.2 Å². The van der Waals surface area contributed by atoms with Gasteiger partial charge in [0.15, 0.2) is 6.10 Å². The minimum Gasteiger partial charge on any atom is -0.481 e. The van der Waals surface area contributed by atoms with Crippen LogP contribution in [-0.2, 0) is 4.79 Å². The number of anilines is 1. The van der Waals surface area contributed by atoms with Gasteiger partial charge < -0.3 is 4.74 Å². The molecule has 7 heteroatoms. The van der Waals surface area contributed by atoms with Gasteiger partial charge in [-0.05, 0) is 31.2 Å². The summed E-state index contributed by atoms with van der Waals surface area (Å²) in [7, 11) is 0. The number of ether oxygens (including phenoxy) is 1. The maximum absolute atomic E-state index is 11.8. The van der Waals surface area contributed by atoms with E-state index in [0.29, 0.717) is 10.9 Å². The second-order valence-electron chi connectivity index (χ2n) is 3.45. The predicted octanol–water partition coefficient (Wildman–Crippen LogP) is 2.71. The third-order valence-corrected chi connectivity index (χ3v) is 3.22. The molecular weight excluding hydrogens is 318 g/mol. The smallest absolute Gasteiger partial charge is 0.266 e. The van der Waals surface area contributed by atoms with Crippen LogP contribution < -0.4 is 10.1 Å². The summed E-state index contributed by atoms with van der Waals surface area (Å²) in [5.74, 6) is 0.382. The van der Waals surface area contributed by atoms with Crippen molar-refractivity contribution in [2.24, 2.45) is 0 Å². The van der Waals surface area contributed by atoms with E-state index in [4.69, 9.17) is 4.74 Å². The lowest BCUT2D eigenvalue weighted by molar-refractivity contribution is -0.122. The largest absolute Gasteiger partial charge is 0.481 e. The standard InChI is InChI=1S/C11H10BrN3O2S/c1-7(10(16)14-11-15-13-6-18-11)17-9-4-2-8(12)3-5-9/h2-7H,1H3,(H,14,15,16). The zero-order valence-electron chi connectivity index (χ0n) is 9.46. The maximum Gasteiger partial charge on any atom is 0.266 e. The van der Waals surface area contributed by atoms with Crippen LogP contribution in [0.1, 0.15) is 6.92 Å². The zero-order valence-corrected chi connectivity index (χ0v) is 11.9. The van der Waals surface area contributed by atoms with Gasteiger partial charge in [0.1, 0.15) is 11.3 Å². The summed E-state index contributed by atoms with van der Waals surface area (Å²) in [6.45, 7) is 1.68. The highest BCUT2D eigenvalue weighted by atomic mass is 79.9. The Balaban J connectivity index is 1.93. The molecule has 2 rings (SSSR count). The van der Waals surface area contributed by atoms with E-state index in [2.05, 4.69) is 31.4 Å². The average Bonchev–Trinajstić information content (AvgIpc) is 2.85. The van der Waals surface area contributed by atoms with Crippen LogP contribution in [0.25, 0.3) is 0 Å². The zero-order chi connectivity index (χ0) is 13.0. The van der Waals surface area contributed by atoms with Crippen molar-refractivity contribution in [3.05, 3.63) is 34.2 Å². The molecule has 2 aromatic rings. The first-order chi connectivity index (χ1) is 8.65. The number of carbonyl (C=O) groups excluding carboxylic acids is 1. The molecule has 1 aromatic carbocycles. The fourth-order valence-electron chi connectivity index (χ4n) is 1.21. The molecule has 0 aliphatic heterocycles. The molecule has 1 unspecified atom stereocenters. The molecule has 18 heavy (non-hydrogen) atoms. The summed E-state index contributed by atoms with van der Waals surface area (Å²) in [6.07, 6.45) is -0.602. The second kappa shape index (κ2) is 5.92. The van der Waals surface area contributed by atoms with E-state index in [-0.39, 0.29) is 5.91 Å². The summed E-state index contributed by atoms with van der Waals surface area (Å²) in [5, 5.41) is 10.5. The number of halogens is 1. The van der Waals surface area contributed by atoms with E-state index >= 15 is 0 Å². The van der Waals surface area contributed by atoms with Crippen LogP contribution in [0, 0.1) is 0 Å². The van der Waals surface area contributed by atoms with Gasteiger partial charge in [0.25, 0.3) is 5.91 Å². The van der Waals surface area contributed by atoms with Gasteiger partial charge >= 0.3 is 0 Å². The van der Waals surface area contributed by atoms with Gasteiger partial charge in [-0.1, -0.05) is 27.3 Å². The van der Waals surface area contributed by atoms with Crippen LogP contribution in [0.4, 0.5) is 5.13 Å². The highest BCUT2D eigenvalue weighted by Gasteiger charge is 2.15. The first-order valence-corrected chi connectivity index (χ1v) is 6.81. The maximum atomic E-state index is 11.8. The van der Waals surface area contributed by atoms with E-state index in [9.17, 15) is 4.79 Å². The molecule has 94 valence electrons. The Morgan fingerprint density at radius 2 is 2.17 bits per heavy atom. The third-order valence-electron chi connectivity index (χ3n) is 2.09. The summed E-state index contributed by atoms with van der Waals surface area (Å²) >= 11 is 4.59. The third kappa shape index (κ3) is 3.51. The normalized spacial score (nSPS) is 11.9. The predicted molar refractivity (Wildman–Crippen MR) is 72.8 cm³/mol. The van der Waals surface area contributed by atoms with Crippen LogP contribution in [-0.4, -0.2) is 22.2 Å². The van der Waals surface area contributed by atoms with E-state index in [1.807, 2.05) is 12.1 Å². The Morgan fingerprint density at radius 1 is 1.44 bits per heavy atom. The van der Waals surface area contributed by atoms with Crippen LogP contribution in [0.5, 0.6) is 5.75 Å². The van der Waals surface area contributed by atoms with Crippen molar-refractivity contribution in [2.45, 2.75) is 13.0 Å². The molecular formula is C11H10BrN3O2S. The molecule has 0 bridgehead atoms. The molecule has 0 radical (unpaired) electrons. The molecule has 1 heterocycles. The quantitative estimate of drug-likeness (QED) is 0.937. The number of amides is 1. The lowest BCUT2D eigenvalue weighted by Gasteiger charge is -2.13. The van der Waals surface area contributed by atoms with Gasteiger partial charge in [0, 0.05) is 4.47 Å². The number of aromatic nitrogens is 2. The lowest BCUT2D eigenvalue weighted by atomic mass is 10.3. The topological polar surface area (TPSA) is 64.1 Å². The van der Waals surface area contributed by atoms with Gasteiger partial charge in [0.05, 0.1) is 0 Å². The fraction of sp³-hybridized carbons (Fsp3) is 0.182. The van der Waals surface area contributed by atoms with Crippen molar-refractivity contribution < 1.29 is 9.53 Å². The molecule has 1 atom stereocenters. The Labute approximate surface area is 116 Å². The Morgan fingerprint density at radius 3 is 2.78 bits per heavy atom. The molecule has 0 aliphatic rings. The SMILES string of the molecule is CC(Oc1ccc(Br)cc1)C(=O)Nc1nncs1. The molecule has 5 nitrogen and oxygen atoms in total. The minimum atomic E-state index is -0.602. The van der Waals surface area contributed by atoms with Crippen LogP contribution in [0.2, 0.25) is 0 Å². The molecule has 1 aromatic heterocycles. The first kappa shape index (κ1) is 13.0. The number of nitrogens with zero attached hydrogens (tertiary/aromatic N) is 2. The van der Waals surface area contributed by atoms with Gasteiger partial charge in [-0.2, -0.15) is 0 Å². The number of hydrogen-bond acceptors (Lipinski definition) is 5. The number of carbonyl (C=O) groups is 1. The van der Waals surface area contributed by atoms with E-state index in [0.717, 1.165) is 4.47 Å². The summed E-state index contributed by atoms with van der Waals surface area (Å²) in [4.78, 5) is 11.8. The monoisotopic (exact) mass is 327 g/mol. The molecule has 0 aliphatic carbocycles. The van der Waals surface area contributed by atoms with Crippen molar-refractivity contribution in [2.75, 3.05) is 5.32 Å². The fourth-order valence-corrected chi connectivity index (χ4v) is 1.92. The number of nitrogens with one attached hydrogen (secondary N) is 1. The lowest BCUT2D eigenvalue weighted by Crippen LogP contribution is -2.30. The number of hydrogen-bond donors (Lipinski definition) is 1. The van der Waals surface area contributed by atoms with Gasteiger partial charge in [-0.3, -0.25) is 10.1 Å². The summed E-state index contributed by atoms with van der Waals surface area (Å²) in [5.41, 5.74) is 1.55. The molecule has 0 spiro atoms. The molecule has 0 fully saturated rings. The van der Waals surface area contributed by atoms with Crippen LogP contribution in [0.15, 0.2) is 34.2 Å². The van der Waals surface area contributed by atoms with Crippen LogP contribution in [0.3, 0.4) is 0 Å². The second-order valence-corrected chi connectivity index (χ2v) is 5.20. The van der Waals surface area contributed by atoms with Crippen molar-refractivity contribution >= 4 is 38.3 Å². The first-order valence-electron chi connectivity index (χ1n) is 5.14. The Kier molecular flexibility index (Phi) is 4.27. The van der Waals surface area contributed by atoms with Gasteiger partial charge in [0.2, 0.25) is 5.13 Å². The molecule has 1 amide bonds. The Bertz CT molecular complexity index is 516. The number of rotatable bonds is 4. The highest BCUT2D eigenvalue weighted by Crippen LogP contribution is 2.18. The van der Waals surface area contributed by atoms with Crippen molar-refractivity contribution in [3.8, 4) is 5.75 Å². The average molecular weight is 328 g/mol. The van der Waals surface area contributed by atoms with Crippen LogP contribution >= 0.6 is 27.3 Å². The minimum absolute atomic E-state index is 0.255. The van der Waals surface area contributed by atoms with E-state index in [1.165, 1.54) is 11.3 Å². The number of benzene rings is 1. The summed E-state index contributed by atoms with van der Waals surface area (Å²) in [6, 6.07) is 7.28.